The number of hydrogen-bond acceptors (Lipinski definition) is 3. The monoisotopic (exact) mass is 276 g/mol. The zero-order valence-electron chi connectivity index (χ0n) is 11.6. The molecule has 1 aliphatic rings. The summed E-state index contributed by atoms with van der Waals surface area (Å²) in [5.41, 5.74) is 1.14. The number of rotatable bonds is 5. The van der Waals surface area contributed by atoms with Crippen molar-refractivity contribution < 1.29 is 9.50 Å². The number of nitrogens with zero attached hydrogens (tertiary/aromatic N) is 1. The van der Waals surface area contributed by atoms with Crippen LogP contribution in [0.4, 0.5) is 4.39 Å². The van der Waals surface area contributed by atoms with Gasteiger partial charge in [-0.05, 0) is 55.0 Å². The molecule has 0 radical (unpaired) electrons. The van der Waals surface area contributed by atoms with Crippen molar-refractivity contribution in [3.05, 3.63) is 35.1 Å². The van der Waals surface area contributed by atoms with Crippen LogP contribution >= 0.6 is 0 Å². The van der Waals surface area contributed by atoms with Crippen molar-refractivity contribution in [2.45, 2.75) is 32.2 Å². The molecule has 1 saturated carbocycles. The molecule has 4 heteroatoms. The van der Waals surface area contributed by atoms with Crippen LogP contribution in [0.1, 0.15) is 36.8 Å². The quantitative estimate of drug-likeness (QED) is 0.869. The number of benzene rings is 1. The topological polar surface area (TPSA) is 56.0 Å². The summed E-state index contributed by atoms with van der Waals surface area (Å²) in [5, 5.41) is 21.5. The Hall–Kier alpha value is -1.44. The average molecular weight is 276 g/mol. The fraction of sp³-hybridized carbons (Fsp3) is 0.562. The highest BCUT2D eigenvalue weighted by molar-refractivity contribution is 5.33. The predicted molar refractivity (Wildman–Crippen MR) is 75.4 cm³/mol. The van der Waals surface area contributed by atoms with Gasteiger partial charge in [-0.1, -0.05) is 12.8 Å². The molecule has 3 nitrogen and oxygen atoms in total. The van der Waals surface area contributed by atoms with Gasteiger partial charge in [0, 0.05) is 13.2 Å². The van der Waals surface area contributed by atoms with Crippen molar-refractivity contribution in [1.29, 1.82) is 5.26 Å². The van der Waals surface area contributed by atoms with Crippen LogP contribution < -0.4 is 5.32 Å². The van der Waals surface area contributed by atoms with Crippen LogP contribution in [-0.2, 0) is 6.54 Å². The lowest BCUT2D eigenvalue weighted by Crippen LogP contribution is -2.32. The fourth-order valence-corrected chi connectivity index (χ4v) is 3.01. The smallest absolute Gasteiger partial charge is 0.124 e. The second kappa shape index (κ2) is 7.37. The molecule has 0 amide bonds. The van der Waals surface area contributed by atoms with Crippen LogP contribution in [0.15, 0.2) is 18.2 Å². The first-order chi connectivity index (χ1) is 9.72. The van der Waals surface area contributed by atoms with Gasteiger partial charge in [-0.3, -0.25) is 0 Å². The van der Waals surface area contributed by atoms with E-state index in [1.807, 2.05) is 6.07 Å². The van der Waals surface area contributed by atoms with Gasteiger partial charge in [0.2, 0.25) is 0 Å². The number of aliphatic hydroxyl groups excluding tert-OH is 1. The molecule has 0 bridgehead atoms. The summed E-state index contributed by atoms with van der Waals surface area (Å²) < 4.78 is 13.3. The van der Waals surface area contributed by atoms with Crippen molar-refractivity contribution in [2.24, 2.45) is 11.8 Å². The molecule has 2 unspecified atom stereocenters. The van der Waals surface area contributed by atoms with Crippen LogP contribution in [0.5, 0.6) is 0 Å². The van der Waals surface area contributed by atoms with Crippen molar-refractivity contribution >= 4 is 0 Å². The number of nitriles is 1. The molecule has 1 aromatic carbocycles. The first kappa shape index (κ1) is 15.0. The van der Waals surface area contributed by atoms with E-state index >= 15 is 0 Å². The van der Waals surface area contributed by atoms with Crippen LogP contribution in [0, 0.1) is 29.0 Å². The lowest BCUT2D eigenvalue weighted by molar-refractivity contribution is 0.133. The molecule has 0 saturated heterocycles. The summed E-state index contributed by atoms with van der Waals surface area (Å²) in [6, 6.07) is 6.37. The van der Waals surface area contributed by atoms with E-state index in [0.717, 1.165) is 24.9 Å². The Morgan fingerprint density at radius 2 is 2.00 bits per heavy atom. The highest BCUT2D eigenvalue weighted by Gasteiger charge is 2.23. The van der Waals surface area contributed by atoms with Crippen molar-refractivity contribution in [1.82, 2.24) is 5.32 Å². The average Bonchev–Trinajstić information content (AvgIpc) is 2.47. The van der Waals surface area contributed by atoms with Gasteiger partial charge < -0.3 is 10.4 Å². The second-order valence-electron chi connectivity index (χ2n) is 5.58. The third-order valence-corrected chi connectivity index (χ3v) is 4.12. The van der Waals surface area contributed by atoms with Crippen molar-refractivity contribution in [3.63, 3.8) is 0 Å². The Morgan fingerprint density at radius 3 is 2.70 bits per heavy atom. The van der Waals surface area contributed by atoms with Gasteiger partial charge in [0.05, 0.1) is 11.6 Å². The van der Waals surface area contributed by atoms with Crippen LogP contribution in [0.3, 0.4) is 0 Å². The third-order valence-electron chi connectivity index (χ3n) is 4.12. The Kier molecular flexibility index (Phi) is 5.51. The molecular formula is C16H21FN2O. The molecule has 0 aliphatic heterocycles. The standard InChI is InChI=1S/C16H21FN2O/c17-16-6-12(8-18)5-13(7-16)9-19-10-14-3-1-2-4-15(14)11-20/h5-7,14-15,19-20H,1-4,9-11H2. The highest BCUT2D eigenvalue weighted by atomic mass is 19.1. The van der Waals surface area contributed by atoms with E-state index in [1.165, 1.54) is 25.0 Å². The molecule has 1 aliphatic carbocycles. The molecule has 2 rings (SSSR count). The first-order valence-electron chi connectivity index (χ1n) is 7.24. The third kappa shape index (κ3) is 4.03. The molecule has 20 heavy (non-hydrogen) atoms. The maximum Gasteiger partial charge on any atom is 0.124 e. The van der Waals surface area contributed by atoms with E-state index in [0.29, 0.717) is 23.9 Å². The summed E-state index contributed by atoms with van der Waals surface area (Å²) in [5.74, 6) is 0.517. The minimum Gasteiger partial charge on any atom is -0.396 e. The molecule has 1 fully saturated rings. The molecule has 0 heterocycles. The second-order valence-corrected chi connectivity index (χ2v) is 5.58. The number of hydrogen-bond donors (Lipinski definition) is 2. The number of nitrogens with one attached hydrogen (secondary N) is 1. The van der Waals surface area contributed by atoms with Crippen molar-refractivity contribution in [2.75, 3.05) is 13.2 Å². The van der Waals surface area contributed by atoms with E-state index < -0.39 is 0 Å². The summed E-state index contributed by atoms with van der Waals surface area (Å²) >= 11 is 0. The van der Waals surface area contributed by atoms with Gasteiger partial charge in [0.1, 0.15) is 5.82 Å². The van der Waals surface area contributed by atoms with Gasteiger partial charge >= 0.3 is 0 Å². The minimum absolute atomic E-state index is 0.255. The summed E-state index contributed by atoms with van der Waals surface area (Å²) in [4.78, 5) is 0. The van der Waals surface area contributed by atoms with Gasteiger partial charge in [0.25, 0.3) is 0 Å². The SMILES string of the molecule is N#Cc1cc(F)cc(CNCC2CCCCC2CO)c1. The van der Waals surface area contributed by atoms with E-state index in [4.69, 9.17) is 5.26 Å². The summed E-state index contributed by atoms with van der Waals surface area (Å²) in [7, 11) is 0. The Labute approximate surface area is 119 Å². The van der Waals surface area contributed by atoms with Crippen LogP contribution in [0.25, 0.3) is 0 Å². The molecule has 1 aromatic rings. The first-order valence-corrected chi connectivity index (χ1v) is 7.24. The normalized spacial score (nSPS) is 22.4. The highest BCUT2D eigenvalue weighted by Crippen LogP contribution is 2.29. The molecule has 2 N–H and O–H groups in total. The van der Waals surface area contributed by atoms with Gasteiger partial charge in [-0.15, -0.1) is 0 Å². The Balaban J connectivity index is 1.86. The molecule has 0 aromatic heterocycles. The lowest BCUT2D eigenvalue weighted by Gasteiger charge is -2.30. The van der Waals surface area contributed by atoms with E-state index in [2.05, 4.69) is 5.32 Å². The number of aliphatic hydroxyl groups is 1. The molecule has 108 valence electrons. The lowest BCUT2D eigenvalue weighted by atomic mass is 9.79. The van der Waals surface area contributed by atoms with Crippen LogP contribution in [-0.4, -0.2) is 18.3 Å². The maximum absolute atomic E-state index is 13.3. The molecular weight excluding hydrogens is 255 g/mol. The van der Waals surface area contributed by atoms with Crippen LogP contribution in [0.2, 0.25) is 0 Å². The van der Waals surface area contributed by atoms with E-state index in [1.54, 1.807) is 6.07 Å². The Bertz CT molecular complexity index is 484. The Morgan fingerprint density at radius 1 is 1.25 bits per heavy atom. The largest absolute Gasteiger partial charge is 0.396 e. The zero-order valence-corrected chi connectivity index (χ0v) is 11.6. The van der Waals surface area contributed by atoms with Gasteiger partial charge in [-0.2, -0.15) is 5.26 Å². The van der Waals surface area contributed by atoms with E-state index in [-0.39, 0.29) is 12.4 Å². The minimum atomic E-state index is -0.369. The summed E-state index contributed by atoms with van der Waals surface area (Å²) in [6.45, 7) is 1.65. The molecule has 2 atom stereocenters. The number of halogens is 1. The van der Waals surface area contributed by atoms with Crippen molar-refractivity contribution in [3.8, 4) is 6.07 Å². The zero-order chi connectivity index (χ0) is 14.4. The summed E-state index contributed by atoms with van der Waals surface area (Å²) in [6.07, 6.45) is 4.67. The molecule has 0 spiro atoms. The maximum atomic E-state index is 13.3. The van der Waals surface area contributed by atoms with Gasteiger partial charge in [-0.25, -0.2) is 4.39 Å². The van der Waals surface area contributed by atoms with E-state index in [9.17, 15) is 9.50 Å². The van der Waals surface area contributed by atoms with Gasteiger partial charge in [0.15, 0.2) is 0 Å². The predicted octanol–water partition coefficient (Wildman–Crippen LogP) is 2.59. The fourth-order valence-electron chi connectivity index (χ4n) is 3.01.